The predicted octanol–water partition coefficient (Wildman–Crippen LogP) is 3.19. The molecule has 3 nitrogen and oxygen atoms in total. The first-order valence-electron chi connectivity index (χ1n) is 6.66. The molecule has 0 spiro atoms. The Morgan fingerprint density at radius 3 is 2.50 bits per heavy atom. The summed E-state index contributed by atoms with van der Waals surface area (Å²) in [5, 5.41) is 12.3. The summed E-state index contributed by atoms with van der Waals surface area (Å²) in [7, 11) is 0. The molecule has 0 radical (unpaired) electrons. The van der Waals surface area contributed by atoms with Gasteiger partial charge in [0.25, 0.3) is 0 Å². The molecule has 0 aliphatic carbocycles. The van der Waals surface area contributed by atoms with E-state index >= 15 is 0 Å². The Kier molecular flexibility index (Phi) is 3.54. The summed E-state index contributed by atoms with van der Waals surface area (Å²) in [6.45, 7) is 2.88. The van der Waals surface area contributed by atoms with Gasteiger partial charge >= 0.3 is 0 Å². The maximum Gasteiger partial charge on any atom is 0.0841 e. The molecule has 1 heterocycles. The fraction of sp³-hybridized carbons (Fsp3) is 0.250. The van der Waals surface area contributed by atoms with E-state index in [4.69, 9.17) is 5.73 Å². The highest BCUT2D eigenvalue weighted by atomic mass is 79.9. The number of rotatable bonds is 3. The standard InChI is InChI=1S/C16H17BrN2O/c1-10-2-4-15-13(6-10)14-7-11(17)3-5-16(14)19(15)9-12(20)8-18/h2-7,12,20H,8-9,18H2,1H3. The van der Waals surface area contributed by atoms with E-state index in [0.717, 1.165) is 15.5 Å². The minimum absolute atomic E-state index is 0.267. The molecule has 0 fully saturated rings. The van der Waals surface area contributed by atoms with Gasteiger partial charge < -0.3 is 15.4 Å². The summed E-state index contributed by atoms with van der Waals surface area (Å²) >= 11 is 3.53. The van der Waals surface area contributed by atoms with E-state index in [1.165, 1.54) is 16.3 Å². The van der Waals surface area contributed by atoms with E-state index < -0.39 is 6.10 Å². The van der Waals surface area contributed by atoms with Crippen molar-refractivity contribution >= 4 is 37.7 Å². The zero-order valence-corrected chi connectivity index (χ0v) is 12.9. The molecular weight excluding hydrogens is 316 g/mol. The van der Waals surface area contributed by atoms with Crippen LogP contribution in [0.4, 0.5) is 0 Å². The van der Waals surface area contributed by atoms with Crippen molar-refractivity contribution < 1.29 is 5.11 Å². The van der Waals surface area contributed by atoms with Crippen LogP contribution in [0.1, 0.15) is 5.56 Å². The monoisotopic (exact) mass is 332 g/mol. The first kappa shape index (κ1) is 13.6. The van der Waals surface area contributed by atoms with Crippen LogP contribution < -0.4 is 5.73 Å². The summed E-state index contributed by atoms with van der Waals surface area (Å²) < 4.78 is 3.21. The molecule has 3 rings (SSSR count). The molecule has 0 amide bonds. The zero-order valence-electron chi connectivity index (χ0n) is 11.3. The zero-order chi connectivity index (χ0) is 14.3. The Morgan fingerprint density at radius 2 is 1.80 bits per heavy atom. The van der Waals surface area contributed by atoms with Crippen molar-refractivity contribution in [1.82, 2.24) is 4.57 Å². The smallest absolute Gasteiger partial charge is 0.0841 e. The third-order valence-electron chi connectivity index (χ3n) is 3.65. The molecule has 2 aromatic carbocycles. The molecule has 0 saturated heterocycles. The van der Waals surface area contributed by atoms with Crippen LogP contribution in [0.15, 0.2) is 40.9 Å². The van der Waals surface area contributed by atoms with Gasteiger partial charge in [0.15, 0.2) is 0 Å². The number of hydrogen-bond acceptors (Lipinski definition) is 2. The Bertz CT molecular complexity index is 720. The van der Waals surface area contributed by atoms with Crippen molar-refractivity contribution in [3.63, 3.8) is 0 Å². The first-order valence-corrected chi connectivity index (χ1v) is 7.45. The van der Waals surface area contributed by atoms with Crippen LogP contribution in [-0.2, 0) is 6.54 Å². The molecule has 1 unspecified atom stereocenters. The van der Waals surface area contributed by atoms with Gasteiger partial charge in [-0.3, -0.25) is 0 Å². The van der Waals surface area contributed by atoms with Gasteiger partial charge in [0, 0.05) is 32.8 Å². The van der Waals surface area contributed by atoms with Crippen LogP contribution in [0.5, 0.6) is 0 Å². The maximum atomic E-state index is 9.90. The number of fused-ring (bicyclic) bond motifs is 3. The van der Waals surface area contributed by atoms with Crippen LogP contribution in [0.3, 0.4) is 0 Å². The van der Waals surface area contributed by atoms with E-state index in [1.54, 1.807) is 0 Å². The lowest BCUT2D eigenvalue weighted by atomic mass is 10.1. The second kappa shape index (κ2) is 5.20. The summed E-state index contributed by atoms with van der Waals surface area (Å²) in [6, 6.07) is 12.6. The number of aryl methyl sites for hydroxylation is 1. The molecule has 4 heteroatoms. The molecule has 0 aliphatic rings. The van der Waals surface area contributed by atoms with Crippen molar-refractivity contribution in [3.8, 4) is 0 Å². The Morgan fingerprint density at radius 1 is 1.15 bits per heavy atom. The van der Waals surface area contributed by atoms with Crippen molar-refractivity contribution in [2.45, 2.75) is 19.6 Å². The Labute approximate surface area is 126 Å². The van der Waals surface area contributed by atoms with E-state index in [9.17, 15) is 5.11 Å². The third kappa shape index (κ3) is 2.24. The lowest BCUT2D eigenvalue weighted by Crippen LogP contribution is -2.25. The van der Waals surface area contributed by atoms with Gasteiger partial charge in [-0.25, -0.2) is 0 Å². The highest BCUT2D eigenvalue weighted by Crippen LogP contribution is 2.32. The van der Waals surface area contributed by atoms with E-state index in [2.05, 4.69) is 57.8 Å². The van der Waals surface area contributed by atoms with Crippen LogP contribution in [0.2, 0.25) is 0 Å². The number of benzene rings is 2. The second-order valence-corrected chi connectivity index (χ2v) is 6.10. The van der Waals surface area contributed by atoms with E-state index in [0.29, 0.717) is 6.54 Å². The van der Waals surface area contributed by atoms with Gasteiger partial charge in [0.05, 0.1) is 12.6 Å². The highest BCUT2D eigenvalue weighted by Gasteiger charge is 2.13. The van der Waals surface area contributed by atoms with Crippen molar-refractivity contribution in [3.05, 3.63) is 46.4 Å². The summed E-state index contributed by atoms with van der Waals surface area (Å²) in [4.78, 5) is 0. The van der Waals surface area contributed by atoms with Crippen molar-refractivity contribution in [1.29, 1.82) is 0 Å². The van der Waals surface area contributed by atoms with Crippen molar-refractivity contribution in [2.75, 3.05) is 6.54 Å². The molecule has 3 N–H and O–H groups in total. The molecular formula is C16H17BrN2O. The van der Waals surface area contributed by atoms with Gasteiger partial charge in [0.2, 0.25) is 0 Å². The number of nitrogens with two attached hydrogens (primary N) is 1. The van der Waals surface area contributed by atoms with Gasteiger partial charge in [-0.05, 0) is 37.3 Å². The predicted molar refractivity (Wildman–Crippen MR) is 86.9 cm³/mol. The van der Waals surface area contributed by atoms with Gasteiger partial charge in [0.1, 0.15) is 0 Å². The number of hydrogen-bond donors (Lipinski definition) is 2. The highest BCUT2D eigenvalue weighted by molar-refractivity contribution is 9.10. The molecule has 104 valence electrons. The van der Waals surface area contributed by atoms with E-state index in [-0.39, 0.29) is 6.54 Å². The number of nitrogens with zero attached hydrogens (tertiary/aromatic N) is 1. The third-order valence-corrected chi connectivity index (χ3v) is 4.14. The van der Waals surface area contributed by atoms with Crippen LogP contribution in [0.25, 0.3) is 21.8 Å². The molecule has 1 aromatic heterocycles. The summed E-state index contributed by atoms with van der Waals surface area (Å²) in [5.74, 6) is 0. The Hall–Kier alpha value is -1.36. The van der Waals surface area contributed by atoms with Crippen LogP contribution >= 0.6 is 15.9 Å². The molecule has 20 heavy (non-hydrogen) atoms. The van der Waals surface area contributed by atoms with Crippen LogP contribution in [0, 0.1) is 6.92 Å². The topological polar surface area (TPSA) is 51.2 Å². The maximum absolute atomic E-state index is 9.90. The summed E-state index contributed by atoms with van der Waals surface area (Å²) in [6.07, 6.45) is -0.529. The fourth-order valence-electron chi connectivity index (χ4n) is 2.67. The quantitative estimate of drug-likeness (QED) is 0.773. The molecule has 0 saturated carbocycles. The average Bonchev–Trinajstić information content (AvgIpc) is 2.72. The van der Waals surface area contributed by atoms with Crippen LogP contribution in [-0.4, -0.2) is 22.3 Å². The average molecular weight is 333 g/mol. The second-order valence-electron chi connectivity index (χ2n) is 5.18. The largest absolute Gasteiger partial charge is 0.390 e. The fourth-order valence-corrected chi connectivity index (χ4v) is 3.03. The number of aliphatic hydroxyl groups is 1. The molecule has 0 aliphatic heterocycles. The number of aliphatic hydroxyl groups excluding tert-OH is 1. The molecule has 1 atom stereocenters. The van der Waals surface area contributed by atoms with Gasteiger partial charge in [-0.1, -0.05) is 27.6 Å². The minimum atomic E-state index is -0.529. The van der Waals surface area contributed by atoms with E-state index in [1.807, 2.05) is 6.07 Å². The summed E-state index contributed by atoms with van der Waals surface area (Å²) in [5.41, 5.74) is 9.05. The lowest BCUT2D eigenvalue weighted by molar-refractivity contribution is 0.165. The molecule has 3 aromatic rings. The first-order chi connectivity index (χ1) is 9.60. The minimum Gasteiger partial charge on any atom is -0.390 e. The lowest BCUT2D eigenvalue weighted by Gasteiger charge is -2.12. The van der Waals surface area contributed by atoms with Crippen molar-refractivity contribution in [2.24, 2.45) is 5.73 Å². The Balaban J connectivity index is 2.34. The molecule has 0 bridgehead atoms. The normalized spacial score (nSPS) is 13.2. The van der Waals surface area contributed by atoms with Gasteiger partial charge in [-0.15, -0.1) is 0 Å². The number of aromatic nitrogens is 1. The number of halogens is 1. The van der Waals surface area contributed by atoms with Gasteiger partial charge in [-0.2, -0.15) is 0 Å². The SMILES string of the molecule is Cc1ccc2c(c1)c1cc(Br)ccc1n2CC(O)CN.